The number of hydrogen-bond donors (Lipinski definition) is 0. The lowest BCUT2D eigenvalue weighted by Crippen LogP contribution is -2.26. The first-order valence-corrected chi connectivity index (χ1v) is 6.48. The minimum absolute atomic E-state index is 0.0169. The van der Waals surface area contributed by atoms with Crippen LogP contribution < -0.4 is 0 Å². The van der Waals surface area contributed by atoms with Gasteiger partial charge in [-0.3, -0.25) is 0 Å². The Hall–Kier alpha value is -3.53. The summed E-state index contributed by atoms with van der Waals surface area (Å²) in [5, 5.41) is 0.258. The van der Waals surface area contributed by atoms with Crippen LogP contribution in [0.2, 0.25) is 0 Å². The molecule has 0 bridgehead atoms. The summed E-state index contributed by atoms with van der Waals surface area (Å²) >= 11 is 0. The maximum Gasteiger partial charge on any atom is 0.346 e. The lowest BCUT2D eigenvalue weighted by atomic mass is 9.86. The normalized spacial score (nSPS) is 15.3. The molecule has 0 unspecified atom stereocenters. The highest BCUT2D eigenvalue weighted by molar-refractivity contribution is 6.31. The SMILES string of the molecule is [C-]#[N+]c1cc2c3c(c(C)cc4c3c1C(=O)OC4=O)C(=O)OC2=O. The number of ether oxygens (including phenoxy) is 2. The van der Waals surface area contributed by atoms with Gasteiger partial charge in [0.15, 0.2) is 0 Å². The van der Waals surface area contributed by atoms with Gasteiger partial charge in [0, 0.05) is 10.8 Å². The van der Waals surface area contributed by atoms with Crippen molar-refractivity contribution in [1.82, 2.24) is 0 Å². The van der Waals surface area contributed by atoms with Crippen molar-refractivity contribution in [2.45, 2.75) is 6.92 Å². The molecule has 0 spiro atoms. The van der Waals surface area contributed by atoms with E-state index in [1.165, 1.54) is 12.1 Å². The third-order valence-corrected chi connectivity index (χ3v) is 3.92. The summed E-state index contributed by atoms with van der Waals surface area (Å²) in [5.41, 5.74) is 0.309. The number of benzene rings is 2. The molecule has 0 atom stereocenters. The maximum atomic E-state index is 12.1. The molecule has 2 aliphatic heterocycles. The van der Waals surface area contributed by atoms with Crippen LogP contribution in [0, 0.1) is 13.5 Å². The molecule has 0 aromatic heterocycles. The predicted octanol–water partition coefficient (Wildman–Crippen LogP) is 2.32. The average Bonchev–Trinajstić information content (AvgIpc) is 2.50. The molecule has 0 N–H and O–H groups in total. The zero-order chi connectivity index (χ0) is 16.5. The molecule has 0 saturated carbocycles. The fourth-order valence-electron chi connectivity index (χ4n) is 3.02. The summed E-state index contributed by atoms with van der Waals surface area (Å²) in [6, 6.07) is 2.58. The Morgan fingerprint density at radius 3 is 1.96 bits per heavy atom. The van der Waals surface area contributed by atoms with E-state index in [1.54, 1.807) is 6.92 Å². The number of nitrogens with zero attached hydrogens (tertiary/aromatic N) is 1. The molecule has 7 nitrogen and oxygen atoms in total. The second-order valence-electron chi connectivity index (χ2n) is 5.15. The van der Waals surface area contributed by atoms with Gasteiger partial charge in [-0.1, -0.05) is 0 Å². The van der Waals surface area contributed by atoms with Crippen molar-refractivity contribution in [3.05, 3.63) is 51.4 Å². The number of carbonyl (C=O) groups is 4. The van der Waals surface area contributed by atoms with E-state index < -0.39 is 23.9 Å². The molecule has 110 valence electrons. The smallest absolute Gasteiger partial charge is 0.346 e. The molecular weight excluding hydrogens is 302 g/mol. The van der Waals surface area contributed by atoms with Crippen LogP contribution >= 0.6 is 0 Å². The van der Waals surface area contributed by atoms with Crippen LogP contribution in [-0.2, 0) is 9.47 Å². The van der Waals surface area contributed by atoms with Crippen LogP contribution in [0.3, 0.4) is 0 Å². The highest BCUT2D eigenvalue weighted by atomic mass is 16.6. The summed E-state index contributed by atoms with van der Waals surface area (Å²) in [7, 11) is 0. The fourth-order valence-corrected chi connectivity index (χ4v) is 3.02. The minimum atomic E-state index is -0.971. The molecule has 0 fully saturated rings. The van der Waals surface area contributed by atoms with Crippen LogP contribution in [-0.4, -0.2) is 23.9 Å². The zero-order valence-corrected chi connectivity index (χ0v) is 11.6. The quantitative estimate of drug-likeness (QED) is 0.421. The van der Waals surface area contributed by atoms with E-state index >= 15 is 0 Å². The van der Waals surface area contributed by atoms with E-state index in [2.05, 4.69) is 14.3 Å². The monoisotopic (exact) mass is 307 g/mol. The van der Waals surface area contributed by atoms with Gasteiger partial charge in [0.25, 0.3) is 0 Å². The number of cyclic esters (lactones) is 4. The fraction of sp³-hybridized carbons (Fsp3) is 0.0625. The van der Waals surface area contributed by atoms with Gasteiger partial charge in [0.2, 0.25) is 5.69 Å². The highest BCUT2D eigenvalue weighted by Crippen LogP contribution is 2.42. The van der Waals surface area contributed by atoms with Crippen molar-refractivity contribution in [1.29, 1.82) is 0 Å². The van der Waals surface area contributed by atoms with E-state index in [0.29, 0.717) is 5.56 Å². The van der Waals surface area contributed by atoms with Gasteiger partial charge in [-0.25, -0.2) is 24.0 Å². The molecule has 2 aromatic rings. The van der Waals surface area contributed by atoms with Crippen molar-refractivity contribution in [3.63, 3.8) is 0 Å². The average molecular weight is 307 g/mol. The molecule has 4 rings (SSSR count). The summed E-state index contributed by atoms with van der Waals surface area (Å²) in [5.74, 6) is -3.61. The molecule has 0 aliphatic carbocycles. The summed E-state index contributed by atoms with van der Waals surface area (Å²) in [6.45, 7) is 8.78. The van der Waals surface area contributed by atoms with Gasteiger partial charge in [-0.2, -0.15) is 0 Å². The summed E-state index contributed by atoms with van der Waals surface area (Å²) in [6.07, 6.45) is 0. The summed E-state index contributed by atoms with van der Waals surface area (Å²) in [4.78, 5) is 51.3. The Morgan fingerprint density at radius 2 is 1.35 bits per heavy atom. The van der Waals surface area contributed by atoms with E-state index in [4.69, 9.17) is 6.57 Å². The van der Waals surface area contributed by atoms with Gasteiger partial charge < -0.3 is 9.47 Å². The molecule has 2 heterocycles. The standard InChI is InChI=1S/C16H5NO6/c1-5-3-6-11-10-7(14(19)22-15(20)9(5)10)4-8(17-2)12(11)16(21)23-13(6)18/h3-4H,1H3. The second-order valence-corrected chi connectivity index (χ2v) is 5.15. The Labute approximate surface area is 128 Å². The topological polar surface area (TPSA) is 91.1 Å². The first kappa shape index (κ1) is 13.2. The molecular formula is C16H5NO6. The van der Waals surface area contributed by atoms with Crippen molar-refractivity contribution in [2.75, 3.05) is 0 Å². The third-order valence-electron chi connectivity index (χ3n) is 3.92. The van der Waals surface area contributed by atoms with Crippen molar-refractivity contribution in [2.24, 2.45) is 0 Å². The second kappa shape index (κ2) is 4.01. The van der Waals surface area contributed by atoms with Crippen LogP contribution in [0.4, 0.5) is 5.69 Å². The molecule has 0 radical (unpaired) electrons. The van der Waals surface area contributed by atoms with Gasteiger partial charge in [-0.15, -0.1) is 0 Å². The Bertz CT molecular complexity index is 1060. The Balaban J connectivity index is 2.38. The number of aryl methyl sites for hydroxylation is 1. The zero-order valence-electron chi connectivity index (χ0n) is 11.6. The Kier molecular flexibility index (Phi) is 2.30. The predicted molar refractivity (Wildman–Crippen MR) is 74.4 cm³/mol. The lowest BCUT2D eigenvalue weighted by Gasteiger charge is -2.23. The molecule has 0 amide bonds. The highest BCUT2D eigenvalue weighted by Gasteiger charge is 2.38. The van der Waals surface area contributed by atoms with Crippen molar-refractivity contribution < 1.29 is 28.7 Å². The van der Waals surface area contributed by atoms with Crippen LogP contribution in [0.25, 0.3) is 15.6 Å². The lowest BCUT2D eigenvalue weighted by molar-refractivity contribution is 0.0366. The number of hydrogen-bond acceptors (Lipinski definition) is 6. The van der Waals surface area contributed by atoms with E-state index in [1.807, 2.05) is 0 Å². The number of esters is 4. The molecule has 23 heavy (non-hydrogen) atoms. The first-order valence-electron chi connectivity index (χ1n) is 6.48. The first-order chi connectivity index (χ1) is 10.9. The van der Waals surface area contributed by atoms with Crippen LogP contribution in [0.5, 0.6) is 0 Å². The summed E-state index contributed by atoms with van der Waals surface area (Å²) < 4.78 is 9.35. The molecule has 7 heteroatoms. The van der Waals surface area contributed by atoms with Gasteiger partial charge in [0.1, 0.15) is 0 Å². The minimum Gasteiger partial charge on any atom is -0.387 e. The van der Waals surface area contributed by atoms with Crippen LogP contribution in [0.15, 0.2) is 12.1 Å². The van der Waals surface area contributed by atoms with Crippen molar-refractivity contribution >= 4 is 40.3 Å². The maximum absolute atomic E-state index is 12.1. The number of carbonyl (C=O) groups excluding carboxylic acids is 4. The van der Waals surface area contributed by atoms with Gasteiger partial charge >= 0.3 is 23.9 Å². The van der Waals surface area contributed by atoms with E-state index in [-0.39, 0.29) is 38.7 Å². The molecule has 2 aromatic carbocycles. The van der Waals surface area contributed by atoms with Crippen molar-refractivity contribution in [3.8, 4) is 0 Å². The van der Waals surface area contributed by atoms with Gasteiger partial charge in [-0.05, 0) is 24.6 Å². The van der Waals surface area contributed by atoms with Gasteiger partial charge in [0.05, 0.1) is 28.8 Å². The molecule has 0 saturated heterocycles. The van der Waals surface area contributed by atoms with E-state index in [0.717, 1.165) is 0 Å². The Morgan fingerprint density at radius 1 is 0.826 bits per heavy atom. The van der Waals surface area contributed by atoms with Crippen LogP contribution in [0.1, 0.15) is 47.0 Å². The number of rotatable bonds is 0. The third kappa shape index (κ3) is 1.47. The molecule has 2 aliphatic rings. The van der Waals surface area contributed by atoms with E-state index in [9.17, 15) is 19.2 Å². The largest absolute Gasteiger partial charge is 0.387 e.